The molecule has 1 aromatic heterocycles. The summed E-state index contributed by atoms with van der Waals surface area (Å²) in [5.74, 6) is 2.50. The fourth-order valence-corrected chi connectivity index (χ4v) is 3.17. The van der Waals surface area contributed by atoms with E-state index in [1.165, 1.54) is 19.3 Å². The molecule has 0 bridgehead atoms. The highest BCUT2D eigenvalue weighted by Crippen LogP contribution is 2.36. The van der Waals surface area contributed by atoms with Gasteiger partial charge in [0, 0.05) is 25.3 Å². The highest BCUT2D eigenvalue weighted by molar-refractivity contribution is 5.38. The Kier molecular flexibility index (Phi) is 2.52. The molecule has 1 saturated heterocycles. The first-order valence-electron chi connectivity index (χ1n) is 6.11. The lowest BCUT2D eigenvalue weighted by atomic mass is 9.78. The van der Waals surface area contributed by atoms with Crippen molar-refractivity contribution in [3.63, 3.8) is 0 Å². The maximum Gasteiger partial charge on any atom is 0.131 e. The predicted octanol–water partition coefficient (Wildman–Crippen LogP) is 1.04. The zero-order valence-electron chi connectivity index (χ0n) is 9.42. The van der Waals surface area contributed by atoms with Gasteiger partial charge in [-0.2, -0.15) is 0 Å². The lowest BCUT2D eigenvalue weighted by Gasteiger charge is -2.29. The summed E-state index contributed by atoms with van der Waals surface area (Å²) in [6, 6.07) is 2.38. The fraction of sp³-hybridized carbons (Fsp3) is 0.667. The average molecular weight is 218 g/mol. The smallest absolute Gasteiger partial charge is 0.131 e. The van der Waals surface area contributed by atoms with Crippen LogP contribution in [0, 0.1) is 11.8 Å². The van der Waals surface area contributed by atoms with Gasteiger partial charge in [-0.15, -0.1) is 0 Å². The largest absolute Gasteiger partial charge is 0.356 e. The Morgan fingerprint density at radius 1 is 1.31 bits per heavy atom. The zero-order chi connectivity index (χ0) is 11.0. The molecule has 3 rings (SSSR count). The summed E-state index contributed by atoms with van der Waals surface area (Å²) in [6.45, 7) is 2.19. The highest BCUT2D eigenvalue weighted by Gasteiger charge is 2.38. The maximum absolute atomic E-state index is 6.20. The Morgan fingerprint density at radius 3 is 3.00 bits per heavy atom. The van der Waals surface area contributed by atoms with Crippen LogP contribution in [0.3, 0.4) is 0 Å². The second-order valence-electron chi connectivity index (χ2n) is 4.99. The summed E-state index contributed by atoms with van der Waals surface area (Å²) < 4.78 is 0. The highest BCUT2D eigenvalue weighted by atomic mass is 15.2. The van der Waals surface area contributed by atoms with Crippen LogP contribution in [0.25, 0.3) is 0 Å². The molecule has 1 aliphatic heterocycles. The summed E-state index contributed by atoms with van der Waals surface area (Å²) in [7, 11) is 0. The van der Waals surface area contributed by atoms with E-state index in [1.54, 1.807) is 6.33 Å². The third-order valence-corrected chi connectivity index (χ3v) is 4.04. The van der Waals surface area contributed by atoms with Gasteiger partial charge in [-0.05, 0) is 30.7 Å². The lowest BCUT2D eigenvalue weighted by molar-refractivity contribution is 0.260. The topological polar surface area (TPSA) is 55.0 Å². The van der Waals surface area contributed by atoms with E-state index < -0.39 is 0 Å². The van der Waals surface area contributed by atoms with Crippen LogP contribution in [0.5, 0.6) is 0 Å². The Hall–Kier alpha value is -1.16. The van der Waals surface area contributed by atoms with Crippen molar-refractivity contribution in [1.29, 1.82) is 0 Å². The van der Waals surface area contributed by atoms with E-state index in [0.29, 0.717) is 12.0 Å². The normalized spacial score (nSPS) is 33.8. The standard InChI is InChI=1S/C12H18N4/c13-11-3-1-2-9-6-16(7-10(9)11)12-4-5-14-8-15-12/h4-5,8-11H,1-3,6-7,13H2. The molecular formula is C12H18N4. The first kappa shape index (κ1) is 10.0. The van der Waals surface area contributed by atoms with Crippen molar-refractivity contribution in [3.8, 4) is 0 Å². The first-order chi connectivity index (χ1) is 7.84. The molecule has 86 valence electrons. The predicted molar refractivity (Wildman–Crippen MR) is 63.1 cm³/mol. The molecule has 2 N–H and O–H groups in total. The third-order valence-electron chi connectivity index (χ3n) is 4.04. The van der Waals surface area contributed by atoms with Gasteiger partial charge < -0.3 is 10.6 Å². The van der Waals surface area contributed by atoms with E-state index >= 15 is 0 Å². The Labute approximate surface area is 95.9 Å². The van der Waals surface area contributed by atoms with Crippen LogP contribution < -0.4 is 10.6 Å². The van der Waals surface area contributed by atoms with Gasteiger partial charge in [0.2, 0.25) is 0 Å². The number of anilines is 1. The van der Waals surface area contributed by atoms with Crippen LogP contribution in [0.2, 0.25) is 0 Å². The third kappa shape index (κ3) is 1.67. The van der Waals surface area contributed by atoms with Crippen molar-refractivity contribution in [2.45, 2.75) is 25.3 Å². The summed E-state index contributed by atoms with van der Waals surface area (Å²) >= 11 is 0. The van der Waals surface area contributed by atoms with Gasteiger partial charge in [-0.3, -0.25) is 0 Å². The SMILES string of the molecule is NC1CCCC2CN(c3ccncn3)CC12. The Balaban J connectivity index is 1.77. The second-order valence-corrected chi connectivity index (χ2v) is 4.99. The number of nitrogens with two attached hydrogens (primary N) is 1. The maximum atomic E-state index is 6.20. The average Bonchev–Trinajstić information content (AvgIpc) is 2.76. The quantitative estimate of drug-likeness (QED) is 0.765. The van der Waals surface area contributed by atoms with E-state index in [4.69, 9.17) is 5.73 Å². The summed E-state index contributed by atoms with van der Waals surface area (Å²) in [5, 5.41) is 0. The summed E-state index contributed by atoms with van der Waals surface area (Å²) in [4.78, 5) is 10.6. The molecule has 3 atom stereocenters. The van der Waals surface area contributed by atoms with Gasteiger partial charge in [-0.25, -0.2) is 9.97 Å². The summed E-state index contributed by atoms with van der Waals surface area (Å²) in [5.41, 5.74) is 6.20. The molecule has 2 fully saturated rings. The molecule has 1 saturated carbocycles. The van der Waals surface area contributed by atoms with E-state index in [9.17, 15) is 0 Å². The molecule has 16 heavy (non-hydrogen) atoms. The molecule has 0 spiro atoms. The molecule has 3 unspecified atom stereocenters. The van der Waals surface area contributed by atoms with Gasteiger partial charge in [-0.1, -0.05) is 6.42 Å². The van der Waals surface area contributed by atoms with Crippen LogP contribution >= 0.6 is 0 Å². The van der Waals surface area contributed by atoms with Gasteiger partial charge in [0.25, 0.3) is 0 Å². The van der Waals surface area contributed by atoms with Gasteiger partial charge in [0.15, 0.2) is 0 Å². The molecule has 2 aliphatic rings. The molecule has 4 nitrogen and oxygen atoms in total. The minimum Gasteiger partial charge on any atom is -0.356 e. The van der Waals surface area contributed by atoms with E-state index in [1.807, 2.05) is 12.3 Å². The lowest BCUT2D eigenvalue weighted by Crippen LogP contribution is -2.38. The molecule has 4 heteroatoms. The van der Waals surface area contributed by atoms with Crippen molar-refractivity contribution < 1.29 is 0 Å². The van der Waals surface area contributed by atoms with E-state index in [0.717, 1.165) is 24.8 Å². The molecular weight excluding hydrogens is 200 g/mol. The number of rotatable bonds is 1. The molecule has 1 aromatic rings. The monoisotopic (exact) mass is 218 g/mol. The van der Waals surface area contributed by atoms with Gasteiger partial charge >= 0.3 is 0 Å². The van der Waals surface area contributed by atoms with Gasteiger partial charge in [0.05, 0.1) is 0 Å². The molecule has 0 aromatic carbocycles. The minimum atomic E-state index is 0.394. The van der Waals surface area contributed by atoms with Crippen LogP contribution in [-0.2, 0) is 0 Å². The minimum absolute atomic E-state index is 0.394. The second kappa shape index (κ2) is 4.01. The number of aromatic nitrogens is 2. The first-order valence-corrected chi connectivity index (χ1v) is 6.11. The Morgan fingerprint density at radius 2 is 2.25 bits per heavy atom. The number of hydrogen-bond donors (Lipinski definition) is 1. The van der Waals surface area contributed by atoms with Crippen LogP contribution in [0.4, 0.5) is 5.82 Å². The van der Waals surface area contributed by atoms with Crippen LogP contribution in [0.1, 0.15) is 19.3 Å². The summed E-state index contributed by atoms with van der Waals surface area (Å²) in [6.07, 6.45) is 7.25. The molecule has 0 amide bonds. The van der Waals surface area contributed by atoms with Crippen LogP contribution in [0.15, 0.2) is 18.6 Å². The van der Waals surface area contributed by atoms with Crippen molar-refractivity contribution >= 4 is 5.82 Å². The van der Waals surface area contributed by atoms with Crippen molar-refractivity contribution in [2.75, 3.05) is 18.0 Å². The Bertz CT molecular complexity index is 353. The van der Waals surface area contributed by atoms with E-state index in [2.05, 4.69) is 14.9 Å². The van der Waals surface area contributed by atoms with Gasteiger partial charge in [0.1, 0.15) is 12.1 Å². The molecule has 1 aliphatic carbocycles. The van der Waals surface area contributed by atoms with Crippen LogP contribution in [-0.4, -0.2) is 29.1 Å². The van der Waals surface area contributed by atoms with Crippen molar-refractivity contribution in [1.82, 2.24) is 9.97 Å². The number of hydrogen-bond acceptors (Lipinski definition) is 4. The molecule has 0 radical (unpaired) electrons. The van der Waals surface area contributed by atoms with E-state index in [-0.39, 0.29) is 0 Å². The number of fused-ring (bicyclic) bond motifs is 1. The zero-order valence-corrected chi connectivity index (χ0v) is 9.42. The van der Waals surface area contributed by atoms with Crippen molar-refractivity contribution in [3.05, 3.63) is 18.6 Å². The number of nitrogens with zero attached hydrogens (tertiary/aromatic N) is 3. The fourth-order valence-electron chi connectivity index (χ4n) is 3.17. The van der Waals surface area contributed by atoms with Crippen molar-refractivity contribution in [2.24, 2.45) is 17.6 Å². The molecule has 2 heterocycles.